The lowest BCUT2D eigenvalue weighted by atomic mass is 10.1. The fourth-order valence-corrected chi connectivity index (χ4v) is 4.74. The standard InChI is InChI=1S/C26H22N4O2S/c27-12-5-13-30-15-21(19-7-2-4-9-23(19)30)24(31)16-33-25-14-20(26(32)28-17-10-11-17)18-6-1-3-8-22(18)29-25/h1-4,6-9,14-15,17H,5,10-11,13,16H2,(H,28,32). The second-order valence-corrected chi connectivity index (χ2v) is 9.14. The van der Waals surface area contributed by atoms with Gasteiger partial charge in [-0.25, -0.2) is 4.98 Å². The van der Waals surface area contributed by atoms with Crippen LogP contribution in [0.3, 0.4) is 0 Å². The number of thioether (sulfide) groups is 1. The molecule has 0 aliphatic heterocycles. The molecule has 7 heteroatoms. The highest BCUT2D eigenvalue weighted by Crippen LogP contribution is 2.28. The second-order valence-electron chi connectivity index (χ2n) is 8.15. The van der Waals surface area contributed by atoms with Crippen molar-refractivity contribution < 1.29 is 9.59 Å². The van der Waals surface area contributed by atoms with E-state index in [1.165, 1.54) is 11.8 Å². The molecule has 6 nitrogen and oxygen atoms in total. The number of Topliss-reactive ketones (excluding diaryl/α,β-unsaturated/α-hetero) is 1. The molecular weight excluding hydrogens is 432 g/mol. The molecule has 1 amide bonds. The Morgan fingerprint density at radius 3 is 2.64 bits per heavy atom. The molecule has 1 N–H and O–H groups in total. The zero-order chi connectivity index (χ0) is 22.8. The van der Waals surface area contributed by atoms with Gasteiger partial charge in [0.15, 0.2) is 5.78 Å². The maximum Gasteiger partial charge on any atom is 0.252 e. The Balaban J connectivity index is 1.40. The number of nitriles is 1. The van der Waals surface area contributed by atoms with Crippen LogP contribution < -0.4 is 5.32 Å². The number of pyridine rings is 1. The number of ketones is 1. The van der Waals surface area contributed by atoms with Crippen LogP contribution in [0.1, 0.15) is 40.0 Å². The van der Waals surface area contributed by atoms with Gasteiger partial charge in [-0.05, 0) is 31.0 Å². The number of nitrogens with one attached hydrogen (secondary N) is 1. The highest BCUT2D eigenvalue weighted by molar-refractivity contribution is 7.99. The van der Waals surface area contributed by atoms with Crippen LogP contribution in [0, 0.1) is 11.3 Å². The van der Waals surface area contributed by atoms with E-state index in [0.717, 1.165) is 34.6 Å². The van der Waals surface area contributed by atoms with E-state index in [1.54, 1.807) is 6.07 Å². The van der Waals surface area contributed by atoms with Gasteiger partial charge >= 0.3 is 0 Å². The molecule has 0 unspecified atom stereocenters. The lowest BCUT2D eigenvalue weighted by Gasteiger charge is -2.09. The minimum atomic E-state index is -0.0927. The zero-order valence-corrected chi connectivity index (χ0v) is 18.8. The van der Waals surface area contributed by atoms with Gasteiger partial charge in [-0.2, -0.15) is 5.26 Å². The number of nitrogens with zero attached hydrogens (tertiary/aromatic N) is 3. The van der Waals surface area contributed by atoms with E-state index in [2.05, 4.69) is 16.4 Å². The van der Waals surface area contributed by atoms with Crippen LogP contribution in [-0.2, 0) is 6.54 Å². The van der Waals surface area contributed by atoms with E-state index < -0.39 is 0 Å². The van der Waals surface area contributed by atoms with Gasteiger partial charge in [-0.15, -0.1) is 0 Å². The predicted octanol–water partition coefficient (Wildman–Crippen LogP) is 4.97. The lowest BCUT2D eigenvalue weighted by molar-refractivity contribution is 0.0951. The molecule has 0 bridgehead atoms. The fourth-order valence-electron chi connectivity index (χ4n) is 3.95. The van der Waals surface area contributed by atoms with Crippen molar-refractivity contribution in [2.45, 2.75) is 36.9 Å². The van der Waals surface area contributed by atoms with Crippen LogP contribution in [0.25, 0.3) is 21.8 Å². The SMILES string of the molecule is N#CCCn1cc(C(=O)CSc2cc(C(=O)NC3CC3)c3ccccc3n2)c2ccccc21. The first-order valence-corrected chi connectivity index (χ1v) is 11.9. The van der Waals surface area contributed by atoms with Gasteiger partial charge in [0.2, 0.25) is 0 Å². The van der Waals surface area contributed by atoms with Gasteiger partial charge in [0, 0.05) is 40.6 Å². The van der Waals surface area contributed by atoms with Crippen LogP contribution in [0.4, 0.5) is 0 Å². The van der Waals surface area contributed by atoms with Gasteiger partial charge < -0.3 is 9.88 Å². The van der Waals surface area contributed by atoms with Crippen LogP contribution in [0.15, 0.2) is 65.8 Å². The molecule has 1 saturated carbocycles. The Hall–Kier alpha value is -3.63. The second kappa shape index (κ2) is 9.08. The van der Waals surface area contributed by atoms with Crippen LogP contribution >= 0.6 is 11.8 Å². The van der Waals surface area contributed by atoms with E-state index in [1.807, 2.05) is 59.3 Å². The number of aryl methyl sites for hydroxylation is 1. The summed E-state index contributed by atoms with van der Waals surface area (Å²) in [4.78, 5) is 30.6. The number of para-hydroxylation sites is 2. The summed E-state index contributed by atoms with van der Waals surface area (Å²) in [6, 6.07) is 19.5. The molecule has 164 valence electrons. The minimum absolute atomic E-state index is 0.00847. The van der Waals surface area contributed by atoms with Crippen LogP contribution in [0.2, 0.25) is 0 Å². The number of carbonyl (C=O) groups excluding carboxylic acids is 2. The first-order chi connectivity index (χ1) is 16.1. The van der Waals surface area contributed by atoms with Crippen molar-refractivity contribution in [3.05, 3.63) is 71.9 Å². The molecule has 0 saturated heterocycles. The number of fused-ring (bicyclic) bond motifs is 2. The monoisotopic (exact) mass is 454 g/mol. The third kappa shape index (κ3) is 4.48. The van der Waals surface area contributed by atoms with Crippen LogP contribution in [-0.4, -0.2) is 33.0 Å². The number of amides is 1. The number of hydrogen-bond acceptors (Lipinski definition) is 5. The normalized spacial score (nSPS) is 13.2. The molecular formula is C26H22N4O2S. The minimum Gasteiger partial charge on any atom is -0.349 e. The molecule has 4 aromatic rings. The molecule has 5 rings (SSSR count). The van der Waals surface area contributed by atoms with Gasteiger partial charge in [0.25, 0.3) is 5.91 Å². The van der Waals surface area contributed by atoms with Crippen molar-refractivity contribution >= 4 is 45.3 Å². The van der Waals surface area contributed by atoms with Crippen LogP contribution in [0.5, 0.6) is 0 Å². The highest BCUT2D eigenvalue weighted by Gasteiger charge is 2.25. The summed E-state index contributed by atoms with van der Waals surface area (Å²) in [6.07, 6.45) is 4.26. The largest absolute Gasteiger partial charge is 0.349 e. The molecule has 1 aliphatic carbocycles. The molecule has 1 fully saturated rings. The van der Waals surface area contributed by atoms with Crippen molar-refractivity contribution in [2.24, 2.45) is 0 Å². The summed E-state index contributed by atoms with van der Waals surface area (Å²) in [5.41, 5.74) is 2.92. The third-order valence-electron chi connectivity index (χ3n) is 5.75. The summed E-state index contributed by atoms with van der Waals surface area (Å²) in [5.74, 6) is 0.108. The predicted molar refractivity (Wildman–Crippen MR) is 129 cm³/mol. The van der Waals surface area contributed by atoms with Crippen molar-refractivity contribution in [1.29, 1.82) is 5.26 Å². The van der Waals surface area contributed by atoms with Gasteiger partial charge in [0.1, 0.15) is 0 Å². The third-order valence-corrected chi connectivity index (χ3v) is 6.67. The van der Waals surface area contributed by atoms with Crippen molar-refractivity contribution in [3.63, 3.8) is 0 Å². The van der Waals surface area contributed by atoms with E-state index >= 15 is 0 Å². The zero-order valence-electron chi connectivity index (χ0n) is 18.0. The number of benzene rings is 2. The molecule has 2 aromatic carbocycles. The molecule has 2 heterocycles. The average molecular weight is 455 g/mol. The Kier molecular flexibility index (Phi) is 5.84. The average Bonchev–Trinajstić information content (AvgIpc) is 3.58. The Bertz CT molecular complexity index is 1420. The lowest BCUT2D eigenvalue weighted by Crippen LogP contribution is -2.25. The first kappa shape index (κ1) is 21.2. The Labute approximate surface area is 195 Å². The molecule has 2 aromatic heterocycles. The van der Waals surface area contributed by atoms with E-state index in [9.17, 15) is 9.59 Å². The first-order valence-electron chi connectivity index (χ1n) is 11.0. The molecule has 0 radical (unpaired) electrons. The summed E-state index contributed by atoms with van der Waals surface area (Å²) >= 11 is 1.34. The van der Waals surface area contributed by atoms with Crippen molar-refractivity contribution in [1.82, 2.24) is 14.9 Å². The van der Waals surface area contributed by atoms with E-state index in [0.29, 0.717) is 29.1 Å². The number of hydrogen-bond donors (Lipinski definition) is 1. The van der Waals surface area contributed by atoms with Crippen molar-refractivity contribution in [2.75, 3.05) is 5.75 Å². The molecule has 0 atom stereocenters. The maximum absolute atomic E-state index is 13.1. The van der Waals surface area contributed by atoms with Gasteiger partial charge in [0.05, 0.1) is 34.3 Å². The fraction of sp³-hybridized carbons (Fsp3) is 0.231. The Morgan fingerprint density at radius 2 is 1.85 bits per heavy atom. The maximum atomic E-state index is 13.1. The Morgan fingerprint density at radius 1 is 1.09 bits per heavy atom. The molecule has 33 heavy (non-hydrogen) atoms. The van der Waals surface area contributed by atoms with Gasteiger partial charge in [-0.1, -0.05) is 48.2 Å². The topological polar surface area (TPSA) is 87.8 Å². The summed E-state index contributed by atoms with van der Waals surface area (Å²) in [5, 5.41) is 14.3. The molecule has 1 aliphatic rings. The number of rotatable bonds is 8. The number of carbonyl (C=O) groups is 2. The smallest absolute Gasteiger partial charge is 0.252 e. The highest BCUT2D eigenvalue weighted by atomic mass is 32.2. The quantitative estimate of drug-likeness (QED) is 0.300. The number of aromatic nitrogens is 2. The molecule has 0 spiro atoms. The van der Waals surface area contributed by atoms with Gasteiger partial charge in [-0.3, -0.25) is 9.59 Å². The summed E-state index contributed by atoms with van der Waals surface area (Å²) in [6.45, 7) is 0.545. The van der Waals surface area contributed by atoms with E-state index in [4.69, 9.17) is 5.26 Å². The summed E-state index contributed by atoms with van der Waals surface area (Å²) < 4.78 is 1.96. The van der Waals surface area contributed by atoms with Crippen molar-refractivity contribution in [3.8, 4) is 6.07 Å². The summed E-state index contributed by atoms with van der Waals surface area (Å²) in [7, 11) is 0. The van der Waals surface area contributed by atoms with E-state index in [-0.39, 0.29) is 23.5 Å².